The van der Waals surface area contributed by atoms with E-state index in [4.69, 9.17) is 14.6 Å². The third-order valence-electron chi connectivity index (χ3n) is 2.51. The molecule has 1 aliphatic rings. The summed E-state index contributed by atoms with van der Waals surface area (Å²) >= 11 is 1.14. The second kappa shape index (κ2) is 4.30. The molecule has 0 atom stereocenters. The van der Waals surface area contributed by atoms with Crippen LogP contribution in [0.3, 0.4) is 0 Å². The summed E-state index contributed by atoms with van der Waals surface area (Å²) in [6, 6.07) is 5.47. The summed E-state index contributed by atoms with van der Waals surface area (Å²) < 4.78 is 10.9. The number of carboxylic acids is 1. The molecule has 0 amide bonds. The zero-order valence-corrected chi connectivity index (χ0v) is 10.1. The minimum Gasteiger partial charge on any atom is -0.486 e. The predicted octanol–water partition coefficient (Wildman–Crippen LogP) is 2.28. The maximum atomic E-state index is 10.8. The quantitative estimate of drug-likeness (QED) is 0.900. The Labute approximate surface area is 107 Å². The topological polar surface area (TPSA) is 68.7 Å². The molecule has 5 nitrogen and oxygen atoms in total. The van der Waals surface area contributed by atoms with Gasteiger partial charge in [0.15, 0.2) is 11.5 Å². The van der Waals surface area contributed by atoms with Gasteiger partial charge in [-0.05, 0) is 18.2 Å². The van der Waals surface area contributed by atoms with E-state index in [1.165, 1.54) is 6.20 Å². The van der Waals surface area contributed by atoms with Crippen molar-refractivity contribution < 1.29 is 19.4 Å². The van der Waals surface area contributed by atoms with Crippen molar-refractivity contribution in [1.82, 2.24) is 4.98 Å². The molecule has 2 heterocycles. The third-order valence-corrected chi connectivity index (χ3v) is 3.54. The number of ether oxygens (including phenoxy) is 2. The zero-order valence-electron chi connectivity index (χ0n) is 9.25. The van der Waals surface area contributed by atoms with E-state index in [1.807, 2.05) is 18.2 Å². The molecule has 0 unspecified atom stereocenters. The summed E-state index contributed by atoms with van der Waals surface area (Å²) in [5.41, 5.74) is 0.830. The summed E-state index contributed by atoms with van der Waals surface area (Å²) in [6.07, 6.45) is 1.36. The highest BCUT2D eigenvalue weighted by Gasteiger charge is 2.15. The van der Waals surface area contributed by atoms with Gasteiger partial charge in [-0.3, -0.25) is 0 Å². The summed E-state index contributed by atoms with van der Waals surface area (Å²) in [5.74, 6) is 0.419. The van der Waals surface area contributed by atoms with Gasteiger partial charge in [0.1, 0.15) is 23.1 Å². The number of rotatable bonds is 2. The molecular formula is C12H9NO4S. The Morgan fingerprint density at radius 2 is 2.06 bits per heavy atom. The van der Waals surface area contributed by atoms with Gasteiger partial charge in [-0.15, -0.1) is 11.3 Å². The van der Waals surface area contributed by atoms with Crippen molar-refractivity contribution >= 4 is 17.3 Å². The van der Waals surface area contributed by atoms with Gasteiger partial charge in [-0.25, -0.2) is 9.78 Å². The Morgan fingerprint density at radius 3 is 2.78 bits per heavy atom. The molecule has 0 fully saturated rings. The zero-order chi connectivity index (χ0) is 12.5. The molecule has 2 aromatic rings. The monoisotopic (exact) mass is 263 g/mol. The van der Waals surface area contributed by atoms with Crippen molar-refractivity contribution in [1.29, 1.82) is 0 Å². The summed E-state index contributed by atoms with van der Waals surface area (Å²) in [6.45, 7) is 1.07. The van der Waals surface area contributed by atoms with Gasteiger partial charge in [0, 0.05) is 5.56 Å². The maximum absolute atomic E-state index is 10.8. The van der Waals surface area contributed by atoms with Crippen LogP contribution in [0.1, 0.15) is 9.67 Å². The molecule has 0 saturated heterocycles. The maximum Gasteiger partial charge on any atom is 0.347 e. The first-order valence-electron chi connectivity index (χ1n) is 5.33. The van der Waals surface area contributed by atoms with Crippen LogP contribution in [0.4, 0.5) is 0 Å². The number of hydrogen-bond donors (Lipinski definition) is 1. The number of thiazole rings is 1. The highest BCUT2D eigenvalue weighted by atomic mass is 32.1. The number of nitrogens with zero attached hydrogens (tertiary/aromatic N) is 1. The molecule has 6 heteroatoms. The molecule has 18 heavy (non-hydrogen) atoms. The normalized spacial score (nSPS) is 13.3. The van der Waals surface area contributed by atoms with E-state index in [1.54, 1.807) is 0 Å². The lowest BCUT2D eigenvalue weighted by atomic mass is 10.2. The van der Waals surface area contributed by atoms with Crippen LogP contribution in [0.15, 0.2) is 24.4 Å². The minimum atomic E-state index is -0.962. The van der Waals surface area contributed by atoms with Crippen molar-refractivity contribution in [2.24, 2.45) is 0 Å². The van der Waals surface area contributed by atoms with Crippen LogP contribution in [0.2, 0.25) is 0 Å². The van der Waals surface area contributed by atoms with Crippen molar-refractivity contribution in [2.45, 2.75) is 0 Å². The van der Waals surface area contributed by atoms with E-state index in [2.05, 4.69) is 4.98 Å². The van der Waals surface area contributed by atoms with Crippen LogP contribution in [0.5, 0.6) is 11.5 Å². The van der Waals surface area contributed by atoms with Crippen LogP contribution in [-0.2, 0) is 0 Å². The minimum absolute atomic E-state index is 0.222. The molecule has 0 bridgehead atoms. The molecule has 0 aliphatic carbocycles. The lowest BCUT2D eigenvalue weighted by Gasteiger charge is -2.18. The number of benzene rings is 1. The standard InChI is InChI=1S/C12H9NO4S/c14-12(15)10-6-13-11(18-10)7-1-2-8-9(5-7)17-4-3-16-8/h1-2,5-6H,3-4H2,(H,14,15). The van der Waals surface area contributed by atoms with Crippen LogP contribution < -0.4 is 9.47 Å². The van der Waals surface area contributed by atoms with Crippen LogP contribution >= 0.6 is 11.3 Å². The fourth-order valence-corrected chi connectivity index (χ4v) is 2.43. The predicted molar refractivity (Wildman–Crippen MR) is 65.5 cm³/mol. The van der Waals surface area contributed by atoms with Gasteiger partial charge in [-0.1, -0.05) is 0 Å². The summed E-state index contributed by atoms with van der Waals surface area (Å²) in [7, 11) is 0. The molecule has 0 radical (unpaired) electrons. The second-order valence-corrected chi connectivity index (χ2v) is 4.72. The highest BCUT2D eigenvalue weighted by molar-refractivity contribution is 7.16. The molecule has 1 aliphatic heterocycles. The van der Waals surface area contributed by atoms with Crippen molar-refractivity contribution in [3.63, 3.8) is 0 Å². The molecule has 0 saturated carbocycles. The third kappa shape index (κ3) is 1.91. The fourth-order valence-electron chi connectivity index (χ4n) is 1.68. The van der Waals surface area contributed by atoms with E-state index >= 15 is 0 Å². The van der Waals surface area contributed by atoms with Crippen molar-refractivity contribution in [2.75, 3.05) is 13.2 Å². The molecule has 1 aromatic heterocycles. The van der Waals surface area contributed by atoms with E-state index in [0.29, 0.717) is 29.7 Å². The number of aromatic carboxylic acids is 1. The van der Waals surface area contributed by atoms with E-state index < -0.39 is 5.97 Å². The highest BCUT2D eigenvalue weighted by Crippen LogP contribution is 2.35. The SMILES string of the molecule is O=C(O)c1cnc(-c2ccc3c(c2)OCCO3)s1. The van der Waals surface area contributed by atoms with Gasteiger partial charge >= 0.3 is 5.97 Å². The second-order valence-electron chi connectivity index (χ2n) is 3.69. The lowest BCUT2D eigenvalue weighted by molar-refractivity contribution is 0.0702. The van der Waals surface area contributed by atoms with Gasteiger partial charge in [-0.2, -0.15) is 0 Å². The van der Waals surface area contributed by atoms with Gasteiger partial charge in [0.25, 0.3) is 0 Å². The van der Waals surface area contributed by atoms with Crippen molar-refractivity contribution in [3.05, 3.63) is 29.3 Å². The average Bonchev–Trinajstić information content (AvgIpc) is 2.88. The van der Waals surface area contributed by atoms with Crippen molar-refractivity contribution in [3.8, 4) is 22.1 Å². The average molecular weight is 263 g/mol. The number of aromatic nitrogens is 1. The first-order valence-corrected chi connectivity index (χ1v) is 6.15. The number of carboxylic acid groups (broad SMARTS) is 1. The smallest absolute Gasteiger partial charge is 0.347 e. The van der Waals surface area contributed by atoms with Crippen LogP contribution in [0, 0.1) is 0 Å². The lowest BCUT2D eigenvalue weighted by Crippen LogP contribution is -2.15. The molecule has 0 spiro atoms. The Morgan fingerprint density at radius 1 is 1.28 bits per heavy atom. The first kappa shape index (κ1) is 11.0. The number of hydrogen-bond acceptors (Lipinski definition) is 5. The molecular weight excluding hydrogens is 254 g/mol. The van der Waals surface area contributed by atoms with Gasteiger partial charge < -0.3 is 14.6 Å². The first-order chi connectivity index (χ1) is 8.74. The molecule has 3 rings (SSSR count). The Kier molecular flexibility index (Phi) is 2.64. The molecule has 1 N–H and O–H groups in total. The van der Waals surface area contributed by atoms with Crippen LogP contribution in [0.25, 0.3) is 10.6 Å². The largest absolute Gasteiger partial charge is 0.486 e. The molecule has 1 aromatic carbocycles. The Balaban J connectivity index is 1.98. The summed E-state index contributed by atoms with van der Waals surface area (Å²) in [5, 5.41) is 9.52. The van der Waals surface area contributed by atoms with Gasteiger partial charge in [0.2, 0.25) is 0 Å². The summed E-state index contributed by atoms with van der Waals surface area (Å²) in [4.78, 5) is 15.1. The molecule has 92 valence electrons. The fraction of sp³-hybridized carbons (Fsp3) is 0.167. The Bertz CT molecular complexity index is 608. The Hall–Kier alpha value is -2.08. The van der Waals surface area contributed by atoms with E-state index in [-0.39, 0.29) is 4.88 Å². The van der Waals surface area contributed by atoms with E-state index in [9.17, 15) is 4.79 Å². The van der Waals surface area contributed by atoms with Gasteiger partial charge in [0.05, 0.1) is 6.20 Å². The van der Waals surface area contributed by atoms with Crippen LogP contribution in [-0.4, -0.2) is 29.3 Å². The number of fused-ring (bicyclic) bond motifs is 1. The van der Waals surface area contributed by atoms with E-state index in [0.717, 1.165) is 16.9 Å². The number of carbonyl (C=O) groups is 1.